The fraction of sp³-hybridized carbons (Fsp3) is 0.133. The maximum Gasteiger partial charge on any atom is 0.192 e. The minimum Gasteiger partial charge on any atom is -0.380 e. The van der Waals surface area contributed by atoms with Crippen LogP contribution in [0.3, 0.4) is 0 Å². The van der Waals surface area contributed by atoms with E-state index >= 15 is 0 Å². The Bertz CT molecular complexity index is 867. The predicted octanol–water partition coefficient (Wildman–Crippen LogP) is 2.58. The summed E-state index contributed by atoms with van der Waals surface area (Å²) in [6, 6.07) is 11.4. The number of fused-ring (bicyclic) bond motifs is 1. The van der Waals surface area contributed by atoms with Gasteiger partial charge >= 0.3 is 0 Å². The number of sulfone groups is 1. The van der Waals surface area contributed by atoms with E-state index in [2.05, 4.69) is 21.4 Å². The Morgan fingerprint density at radius 1 is 1.19 bits per heavy atom. The molecule has 5 nitrogen and oxygen atoms in total. The van der Waals surface area contributed by atoms with Crippen LogP contribution >= 0.6 is 0 Å². The number of rotatable bonds is 4. The maximum atomic E-state index is 11.4. The zero-order valence-corrected chi connectivity index (χ0v) is 12.3. The first kappa shape index (κ1) is 13.6. The van der Waals surface area contributed by atoms with Gasteiger partial charge in [0.25, 0.3) is 0 Å². The van der Waals surface area contributed by atoms with E-state index in [1.807, 2.05) is 24.4 Å². The Labute approximate surface area is 123 Å². The second kappa shape index (κ2) is 5.21. The zero-order valence-electron chi connectivity index (χ0n) is 11.5. The summed E-state index contributed by atoms with van der Waals surface area (Å²) in [5.74, 6) is 0. The van der Waals surface area contributed by atoms with Crippen molar-refractivity contribution in [3.63, 3.8) is 0 Å². The lowest BCUT2D eigenvalue weighted by atomic mass is 10.1. The molecule has 0 fully saturated rings. The number of benzene rings is 1. The average Bonchev–Trinajstić information content (AvgIpc) is 2.93. The van der Waals surface area contributed by atoms with E-state index in [0.717, 1.165) is 17.5 Å². The molecule has 0 saturated carbocycles. The molecular weight excluding hydrogens is 286 g/mol. The van der Waals surface area contributed by atoms with Gasteiger partial charge in [-0.05, 0) is 29.8 Å². The third-order valence-corrected chi connectivity index (χ3v) is 4.29. The molecular formula is C15H15N3O2S. The van der Waals surface area contributed by atoms with Crippen LogP contribution < -0.4 is 5.32 Å². The van der Waals surface area contributed by atoms with Gasteiger partial charge in [0, 0.05) is 29.9 Å². The van der Waals surface area contributed by atoms with Crippen LogP contribution in [0.5, 0.6) is 0 Å². The fourth-order valence-corrected chi connectivity index (χ4v) is 2.77. The monoisotopic (exact) mass is 301 g/mol. The van der Waals surface area contributed by atoms with Crippen LogP contribution in [0, 0.1) is 0 Å². The van der Waals surface area contributed by atoms with Crippen LogP contribution in [-0.2, 0) is 16.4 Å². The molecule has 6 heteroatoms. The van der Waals surface area contributed by atoms with Crippen molar-refractivity contribution in [1.29, 1.82) is 0 Å². The number of anilines is 1. The molecule has 21 heavy (non-hydrogen) atoms. The highest BCUT2D eigenvalue weighted by atomic mass is 32.2. The SMILES string of the molecule is CS(=O)(=O)c1ccc(NCc2cccc3[nH]ccc23)cn1. The van der Waals surface area contributed by atoms with Gasteiger partial charge < -0.3 is 10.3 Å². The molecule has 0 aliphatic heterocycles. The molecule has 2 aromatic heterocycles. The first-order valence-corrected chi connectivity index (χ1v) is 8.38. The number of hydrogen-bond acceptors (Lipinski definition) is 4. The van der Waals surface area contributed by atoms with Crippen molar-refractivity contribution in [2.75, 3.05) is 11.6 Å². The summed E-state index contributed by atoms with van der Waals surface area (Å²) in [6.07, 6.45) is 4.60. The van der Waals surface area contributed by atoms with Gasteiger partial charge in [-0.1, -0.05) is 12.1 Å². The Balaban J connectivity index is 1.77. The molecule has 3 aromatic rings. The second-order valence-electron chi connectivity index (χ2n) is 4.87. The number of H-pyrrole nitrogens is 1. The van der Waals surface area contributed by atoms with E-state index in [9.17, 15) is 8.42 Å². The summed E-state index contributed by atoms with van der Waals surface area (Å²) in [5, 5.41) is 4.51. The van der Waals surface area contributed by atoms with E-state index in [1.165, 1.54) is 23.2 Å². The van der Waals surface area contributed by atoms with Crippen molar-refractivity contribution in [3.05, 3.63) is 54.4 Å². The molecule has 0 amide bonds. The quantitative estimate of drug-likeness (QED) is 0.776. The van der Waals surface area contributed by atoms with E-state index in [-0.39, 0.29) is 5.03 Å². The second-order valence-corrected chi connectivity index (χ2v) is 6.83. The van der Waals surface area contributed by atoms with Crippen LogP contribution in [-0.4, -0.2) is 24.6 Å². The molecule has 108 valence electrons. The van der Waals surface area contributed by atoms with E-state index in [1.54, 1.807) is 6.07 Å². The Kier molecular flexibility index (Phi) is 3.39. The third-order valence-electron chi connectivity index (χ3n) is 3.28. The third kappa shape index (κ3) is 2.90. The Hall–Kier alpha value is -2.34. The number of nitrogens with one attached hydrogen (secondary N) is 2. The van der Waals surface area contributed by atoms with Crippen molar-refractivity contribution >= 4 is 26.4 Å². The van der Waals surface area contributed by atoms with Gasteiger partial charge in [0.1, 0.15) is 0 Å². The van der Waals surface area contributed by atoms with Crippen LogP contribution in [0.2, 0.25) is 0 Å². The highest BCUT2D eigenvalue weighted by Crippen LogP contribution is 2.19. The molecule has 0 radical (unpaired) electrons. The first-order valence-electron chi connectivity index (χ1n) is 6.49. The molecule has 0 spiro atoms. The minimum atomic E-state index is -3.25. The lowest BCUT2D eigenvalue weighted by molar-refractivity contribution is 0.598. The summed E-state index contributed by atoms with van der Waals surface area (Å²) in [7, 11) is -3.25. The number of pyridine rings is 1. The van der Waals surface area contributed by atoms with Crippen molar-refractivity contribution in [3.8, 4) is 0 Å². The molecule has 2 N–H and O–H groups in total. The molecule has 0 aliphatic rings. The number of nitrogens with zero attached hydrogens (tertiary/aromatic N) is 1. The Morgan fingerprint density at radius 3 is 2.76 bits per heavy atom. The number of aromatic nitrogens is 2. The highest BCUT2D eigenvalue weighted by Gasteiger charge is 2.08. The van der Waals surface area contributed by atoms with Gasteiger partial charge in [-0.2, -0.15) is 0 Å². The van der Waals surface area contributed by atoms with Gasteiger partial charge in [-0.3, -0.25) is 0 Å². The summed E-state index contributed by atoms with van der Waals surface area (Å²) >= 11 is 0. The molecule has 3 rings (SSSR count). The first-order chi connectivity index (χ1) is 10.0. The maximum absolute atomic E-state index is 11.4. The summed E-state index contributed by atoms with van der Waals surface area (Å²) in [4.78, 5) is 7.13. The molecule has 0 unspecified atom stereocenters. The lowest BCUT2D eigenvalue weighted by Crippen LogP contribution is -2.03. The molecule has 2 heterocycles. The van der Waals surface area contributed by atoms with Gasteiger partial charge in [-0.15, -0.1) is 0 Å². The Morgan fingerprint density at radius 2 is 2.05 bits per heavy atom. The van der Waals surface area contributed by atoms with Crippen LogP contribution in [0.4, 0.5) is 5.69 Å². The summed E-state index contributed by atoms with van der Waals surface area (Å²) in [6.45, 7) is 0.648. The largest absolute Gasteiger partial charge is 0.380 e. The van der Waals surface area contributed by atoms with Crippen LogP contribution in [0.25, 0.3) is 10.9 Å². The van der Waals surface area contributed by atoms with Gasteiger partial charge in [0.05, 0.1) is 11.9 Å². The minimum absolute atomic E-state index is 0.0841. The van der Waals surface area contributed by atoms with Gasteiger partial charge in [0.15, 0.2) is 14.9 Å². The molecule has 0 aliphatic carbocycles. The van der Waals surface area contributed by atoms with E-state index < -0.39 is 9.84 Å². The summed E-state index contributed by atoms with van der Waals surface area (Å²) < 4.78 is 22.7. The highest BCUT2D eigenvalue weighted by molar-refractivity contribution is 7.90. The number of hydrogen-bond donors (Lipinski definition) is 2. The molecule has 1 aromatic carbocycles. The van der Waals surface area contributed by atoms with Crippen LogP contribution in [0.15, 0.2) is 53.8 Å². The fourth-order valence-electron chi connectivity index (χ4n) is 2.21. The van der Waals surface area contributed by atoms with Gasteiger partial charge in [0.2, 0.25) is 0 Å². The normalized spacial score (nSPS) is 11.7. The van der Waals surface area contributed by atoms with Crippen molar-refractivity contribution in [2.24, 2.45) is 0 Å². The van der Waals surface area contributed by atoms with Crippen molar-refractivity contribution < 1.29 is 8.42 Å². The van der Waals surface area contributed by atoms with E-state index in [0.29, 0.717) is 6.54 Å². The average molecular weight is 301 g/mol. The smallest absolute Gasteiger partial charge is 0.192 e. The predicted molar refractivity (Wildman–Crippen MR) is 83.0 cm³/mol. The van der Waals surface area contributed by atoms with E-state index in [4.69, 9.17) is 0 Å². The van der Waals surface area contributed by atoms with Crippen LogP contribution in [0.1, 0.15) is 5.56 Å². The lowest BCUT2D eigenvalue weighted by Gasteiger charge is -2.08. The standard InChI is InChI=1S/C15H15N3O2S/c1-21(19,20)15-6-5-12(10-18-15)17-9-11-3-2-4-14-13(11)7-8-16-14/h2-8,10,16-17H,9H2,1H3. The molecule has 0 bridgehead atoms. The topological polar surface area (TPSA) is 74.8 Å². The van der Waals surface area contributed by atoms with Gasteiger partial charge in [-0.25, -0.2) is 13.4 Å². The zero-order chi connectivity index (χ0) is 14.9. The summed E-state index contributed by atoms with van der Waals surface area (Å²) in [5.41, 5.74) is 3.05. The molecule has 0 saturated heterocycles. The molecule has 0 atom stereocenters. The van der Waals surface area contributed by atoms with Crippen molar-refractivity contribution in [2.45, 2.75) is 11.6 Å². The number of aromatic amines is 1. The van der Waals surface area contributed by atoms with Crippen molar-refractivity contribution in [1.82, 2.24) is 9.97 Å².